The van der Waals surface area contributed by atoms with Crippen molar-refractivity contribution >= 4 is 46.3 Å². The van der Waals surface area contributed by atoms with Gasteiger partial charge in [0.2, 0.25) is 0 Å². The molecule has 5 nitrogen and oxygen atoms in total. The minimum absolute atomic E-state index is 0.135. The Morgan fingerprint density at radius 1 is 1.00 bits per heavy atom. The number of anilines is 3. The summed E-state index contributed by atoms with van der Waals surface area (Å²) in [6.45, 7) is 0. The predicted octanol–water partition coefficient (Wildman–Crippen LogP) is 4.92. The summed E-state index contributed by atoms with van der Waals surface area (Å²) in [5, 5.41) is 6.41. The second-order valence-electron chi connectivity index (χ2n) is 5.00. The molecule has 0 saturated heterocycles. The molecule has 0 aliphatic rings. The Bertz CT molecular complexity index is 919. The zero-order chi connectivity index (χ0) is 17.8. The van der Waals surface area contributed by atoms with Crippen molar-refractivity contribution in [3.05, 3.63) is 76.4 Å². The van der Waals surface area contributed by atoms with Gasteiger partial charge in [0, 0.05) is 16.8 Å². The van der Waals surface area contributed by atoms with Gasteiger partial charge in [0.25, 0.3) is 5.91 Å². The van der Waals surface area contributed by atoms with Gasteiger partial charge in [-0.25, -0.2) is 14.4 Å². The van der Waals surface area contributed by atoms with E-state index in [2.05, 4.69) is 20.6 Å². The second kappa shape index (κ2) is 7.46. The van der Waals surface area contributed by atoms with Crippen molar-refractivity contribution in [2.45, 2.75) is 0 Å². The van der Waals surface area contributed by atoms with E-state index in [1.807, 2.05) is 0 Å². The topological polar surface area (TPSA) is 66.9 Å². The summed E-state index contributed by atoms with van der Waals surface area (Å²) in [6, 6.07) is 12.0. The maximum atomic E-state index is 12.9. The van der Waals surface area contributed by atoms with E-state index < -0.39 is 5.91 Å². The Kier molecular flexibility index (Phi) is 5.11. The quantitative estimate of drug-likeness (QED) is 0.678. The Hall–Kier alpha value is -2.70. The number of hydrogen-bond acceptors (Lipinski definition) is 4. The lowest BCUT2D eigenvalue weighted by Crippen LogP contribution is -2.14. The van der Waals surface area contributed by atoms with Crippen molar-refractivity contribution in [3.63, 3.8) is 0 Å². The van der Waals surface area contributed by atoms with Gasteiger partial charge in [0.1, 0.15) is 23.7 Å². The lowest BCUT2D eigenvalue weighted by molar-refractivity contribution is 0.102. The van der Waals surface area contributed by atoms with Gasteiger partial charge >= 0.3 is 0 Å². The highest BCUT2D eigenvalue weighted by Crippen LogP contribution is 2.26. The molecule has 3 aromatic rings. The van der Waals surface area contributed by atoms with Crippen LogP contribution >= 0.6 is 23.2 Å². The van der Waals surface area contributed by atoms with Gasteiger partial charge in [-0.2, -0.15) is 0 Å². The lowest BCUT2D eigenvalue weighted by atomic mass is 10.3. The first-order valence-electron chi connectivity index (χ1n) is 7.12. The summed E-state index contributed by atoms with van der Waals surface area (Å²) in [7, 11) is 0. The van der Waals surface area contributed by atoms with Crippen molar-refractivity contribution in [2.24, 2.45) is 0 Å². The molecular formula is C17H11Cl2FN4O. The molecule has 0 atom stereocenters. The molecule has 0 aliphatic heterocycles. The zero-order valence-electron chi connectivity index (χ0n) is 12.6. The van der Waals surface area contributed by atoms with Gasteiger partial charge in [-0.05, 0) is 42.5 Å². The van der Waals surface area contributed by atoms with Crippen molar-refractivity contribution in [2.75, 3.05) is 10.6 Å². The first kappa shape index (κ1) is 17.1. The lowest BCUT2D eigenvalue weighted by Gasteiger charge is -2.09. The van der Waals surface area contributed by atoms with Crippen molar-refractivity contribution in [3.8, 4) is 0 Å². The van der Waals surface area contributed by atoms with Gasteiger partial charge < -0.3 is 10.6 Å². The first-order valence-corrected chi connectivity index (χ1v) is 7.88. The maximum absolute atomic E-state index is 12.9. The highest BCUT2D eigenvalue weighted by molar-refractivity contribution is 6.35. The standard InChI is InChI=1S/C17H11Cl2FN4O/c18-10-1-6-13(19)14(7-10)24-17(25)15-8-16(22-9-21-15)23-12-4-2-11(20)3-5-12/h1-9H,(H,24,25)(H,21,22,23). The highest BCUT2D eigenvalue weighted by atomic mass is 35.5. The number of aromatic nitrogens is 2. The van der Waals surface area contributed by atoms with E-state index in [-0.39, 0.29) is 11.5 Å². The number of benzene rings is 2. The number of carbonyl (C=O) groups is 1. The molecule has 0 radical (unpaired) electrons. The predicted molar refractivity (Wildman–Crippen MR) is 96.1 cm³/mol. The molecule has 126 valence electrons. The number of nitrogens with zero attached hydrogens (tertiary/aromatic N) is 2. The van der Waals surface area contributed by atoms with Crippen molar-refractivity contribution in [1.82, 2.24) is 9.97 Å². The summed E-state index contributed by atoms with van der Waals surface area (Å²) >= 11 is 11.9. The summed E-state index contributed by atoms with van der Waals surface area (Å²) < 4.78 is 12.9. The summed E-state index contributed by atoms with van der Waals surface area (Å²) in [5.41, 5.74) is 1.14. The molecule has 0 bridgehead atoms. The molecule has 0 aliphatic carbocycles. The second-order valence-corrected chi connectivity index (χ2v) is 5.84. The van der Waals surface area contributed by atoms with E-state index in [9.17, 15) is 9.18 Å². The minimum Gasteiger partial charge on any atom is -0.340 e. The van der Waals surface area contributed by atoms with Gasteiger partial charge in [0.05, 0.1) is 10.7 Å². The monoisotopic (exact) mass is 376 g/mol. The molecule has 2 N–H and O–H groups in total. The Morgan fingerprint density at radius 3 is 2.52 bits per heavy atom. The highest BCUT2D eigenvalue weighted by Gasteiger charge is 2.12. The van der Waals surface area contributed by atoms with Crippen LogP contribution in [0.2, 0.25) is 10.0 Å². The number of halogens is 3. The Labute approximate surface area is 152 Å². The van der Waals surface area contributed by atoms with Gasteiger partial charge in [-0.15, -0.1) is 0 Å². The molecule has 0 spiro atoms. The average molecular weight is 377 g/mol. The number of hydrogen-bond donors (Lipinski definition) is 2. The average Bonchev–Trinajstić information content (AvgIpc) is 2.60. The first-order chi connectivity index (χ1) is 12.0. The third-order valence-corrected chi connectivity index (χ3v) is 3.76. The summed E-state index contributed by atoms with van der Waals surface area (Å²) in [6.07, 6.45) is 1.25. The largest absolute Gasteiger partial charge is 0.340 e. The van der Waals surface area contributed by atoms with Crippen LogP contribution in [0.25, 0.3) is 0 Å². The van der Waals surface area contributed by atoms with E-state index in [1.54, 1.807) is 30.3 Å². The number of amides is 1. The van der Waals surface area contributed by atoms with Crippen LogP contribution in [0, 0.1) is 5.82 Å². The molecule has 3 rings (SSSR count). The molecule has 1 heterocycles. The van der Waals surface area contributed by atoms with Crippen LogP contribution in [0.15, 0.2) is 54.9 Å². The fourth-order valence-electron chi connectivity index (χ4n) is 2.01. The normalized spacial score (nSPS) is 10.4. The van der Waals surface area contributed by atoms with Gasteiger partial charge in [0.15, 0.2) is 0 Å². The smallest absolute Gasteiger partial charge is 0.274 e. The van der Waals surface area contributed by atoms with E-state index in [4.69, 9.17) is 23.2 Å². The van der Waals surface area contributed by atoms with Gasteiger partial charge in [-0.1, -0.05) is 23.2 Å². The Morgan fingerprint density at radius 2 is 1.76 bits per heavy atom. The van der Waals surface area contributed by atoms with Gasteiger partial charge in [-0.3, -0.25) is 4.79 Å². The number of rotatable bonds is 4. The van der Waals surface area contributed by atoms with Crippen LogP contribution < -0.4 is 10.6 Å². The van der Waals surface area contributed by atoms with E-state index in [0.717, 1.165) is 0 Å². The van der Waals surface area contributed by atoms with Crippen molar-refractivity contribution in [1.29, 1.82) is 0 Å². The van der Waals surface area contributed by atoms with Crippen LogP contribution in [-0.4, -0.2) is 15.9 Å². The maximum Gasteiger partial charge on any atom is 0.274 e. The molecule has 1 aromatic heterocycles. The van der Waals surface area contributed by atoms with Crippen LogP contribution in [-0.2, 0) is 0 Å². The molecular weight excluding hydrogens is 366 g/mol. The molecule has 1 amide bonds. The molecule has 0 fully saturated rings. The fourth-order valence-corrected chi connectivity index (χ4v) is 2.35. The van der Waals surface area contributed by atoms with E-state index in [0.29, 0.717) is 27.2 Å². The molecule has 8 heteroatoms. The Balaban J connectivity index is 1.77. The van der Waals surface area contributed by atoms with Crippen LogP contribution in [0.3, 0.4) is 0 Å². The third kappa shape index (κ3) is 4.43. The zero-order valence-corrected chi connectivity index (χ0v) is 14.1. The van der Waals surface area contributed by atoms with Crippen LogP contribution in [0.1, 0.15) is 10.5 Å². The van der Waals surface area contributed by atoms with E-state index in [1.165, 1.54) is 24.5 Å². The number of carbonyl (C=O) groups excluding carboxylic acids is 1. The van der Waals surface area contributed by atoms with E-state index >= 15 is 0 Å². The summed E-state index contributed by atoms with van der Waals surface area (Å²) in [5.74, 6) is -0.413. The third-order valence-electron chi connectivity index (χ3n) is 3.19. The fraction of sp³-hybridized carbons (Fsp3) is 0. The van der Waals surface area contributed by atoms with Crippen LogP contribution in [0.4, 0.5) is 21.6 Å². The minimum atomic E-state index is -0.464. The molecule has 2 aromatic carbocycles. The SMILES string of the molecule is O=C(Nc1cc(Cl)ccc1Cl)c1cc(Nc2ccc(F)cc2)ncn1. The van der Waals surface area contributed by atoms with Crippen LogP contribution in [0.5, 0.6) is 0 Å². The molecule has 0 saturated carbocycles. The molecule has 0 unspecified atom stereocenters. The molecule has 25 heavy (non-hydrogen) atoms. The summed E-state index contributed by atoms with van der Waals surface area (Å²) in [4.78, 5) is 20.3. The number of nitrogens with one attached hydrogen (secondary N) is 2. The van der Waals surface area contributed by atoms with Crippen molar-refractivity contribution < 1.29 is 9.18 Å².